The number of fused-ring (bicyclic) bond motifs is 1. The molecule has 1 atom stereocenters. The molecule has 0 fully saturated rings. The third kappa shape index (κ3) is 8.14. The third-order valence-corrected chi connectivity index (χ3v) is 5.35. The van der Waals surface area contributed by atoms with Crippen LogP contribution in [0.5, 0.6) is 0 Å². The lowest BCUT2D eigenvalue weighted by molar-refractivity contribution is 0.656. The molecule has 1 aromatic heterocycles. The Morgan fingerprint density at radius 2 is 1.88 bits per heavy atom. The van der Waals surface area contributed by atoms with E-state index >= 15 is 0 Å². The van der Waals surface area contributed by atoms with Crippen LogP contribution in [0.25, 0.3) is 0 Å². The van der Waals surface area contributed by atoms with Gasteiger partial charge in [-0.05, 0) is 31.1 Å². The summed E-state index contributed by atoms with van der Waals surface area (Å²) in [6.45, 7) is 22.7. The summed E-state index contributed by atoms with van der Waals surface area (Å²) in [6, 6.07) is 0. The third-order valence-electron chi connectivity index (χ3n) is 5.35. The number of hydrogen-bond acceptors (Lipinski definition) is 4. The summed E-state index contributed by atoms with van der Waals surface area (Å²) in [5.41, 5.74) is 6.50. The molecule has 1 unspecified atom stereocenters. The van der Waals surface area contributed by atoms with Gasteiger partial charge in [-0.15, -0.1) is 0 Å². The van der Waals surface area contributed by atoms with E-state index in [1.165, 1.54) is 37.7 Å². The number of rotatable bonds is 7. The molecule has 0 amide bonds. The molecule has 0 aromatic carbocycles. The number of hydrogen-bond donors (Lipinski definition) is 2. The second kappa shape index (κ2) is 14.4. The van der Waals surface area contributed by atoms with Gasteiger partial charge in [0.15, 0.2) is 0 Å². The Labute approximate surface area is 196 Å². The van der Waals surface area contributed by atoms with Crippen molar-refractivity contribution >= 4 is 11.8 Å². The summed E-state index contributed by atoms with van der Waals surface area (Å²) >= 11 is 0. The van der Waals surface area contributed by atoms with Crippen molar-refractivity contribution in [2.24, 2.45) is 5.92 Å². The topological polar surface area (TPSA) is 49.8 Å². The zero-order valence-electron chi connectivity index (χ0n) is 21.4. The number of nitrogens with one attached hydrogen (secondary N) is 2. The van der Waals surface area contributed by atoms with E-state index < -0.39 is 0 Å². The first kappa shape index (κ1) is 27.4. The van der Waals surface area contributed by atoms with E-state index in [0.29, 0.717) is 11.9 Å². The van der Waals surface area contributed by atoms with Gasteiger partial charge in [-0.2, -0.15) is 4.98 Å². The predicted molar refractivity (Wildman–Crippen MR) is 142 cm³/mol. The Bertz CT molecular complexity index is 854. The molecule has 3 rings (SSSR count). The van der Waals surface area contributed by atoms with Crippen LogP contribution in [0, 0.1) is 5.92 Å². The lowest BCUT2D eigenvalue weighted by Crippen LogP contribution is -2.14. The van der Waals surface area contributed by atoms with Crippen molar-refractivity contribution < 1.29 is 0 Å². The summed E-state index contributed by atoms with van der Waals surface area (Å²) in [4.78, 5) is 8.99. The Morgan fingerprint density at radius 1 is 1.22 bits per heavy atom. The Balaban J connectivity index is 0.000000488. The van der Waals surface area contributed by atoms with Gasteiger partial charge in [0.25, 0.3) is 0 Å². The van der Waals surface area contributed by atoms with Crippen molar-refractivity contribution in [2.45, 2.75) is 87.0 Å². The highest BCUT2D eigenvalue weighted by atomic mass is 15.2. The van der Waals surface area contributed by atoms with Gasteiger partial charge in [0.2, 0.25) is 5.95 Å². The van der Waals surface area contributed by atoms with Gasteiger partial charge in [0.1, 0.15) is 5.82 Å². The highest BCUT2D eigenvalue weighted by Gasteiger charge is 2.20. The molecular formula is C28H44N4. The average molecular weight is 437 g/mol. The molecule has 0 bridgehead atoms. The number of aromatic nitrogens is 2. The molecule has 1 aromatic rings. The van der Waals surface area contributed by atoms with Crippen molar-refractivity contribution in [1.82, 2.24) is 9.97 Å². The molecule has 4 heteroatoms. The summed E-state index contributed by atoms with van der Waals surface area (Å²) < 4.78 is 0. The lowest BCUT2D eigenvalue weighted by Gasteiger charge is -2.23. The molecule has 0 saturated heterocycles. The molecule has 2 aliphatic rings. The molecule has 176 valence electrons. The highest BCUT2D eigenvalue weighted by molar-refractivity contribution is 5.61. The number of nitrogens with zero attached hydrogens (tertiary/aromatic N) is 2. The molecule has 1 aliphatic carbocycles. The molecule has 2 heterocycles. The van der Waals surface area contributed by atoms with Gasteiger partial charge in [-0.25, -0.2) is 4.98 Å². The van der Waals surface area contributed by atoms with E-state index in [2.05, 4.69) is 79.7 Å². The van der Waals surface area contributed by atoms with Crippen LogP contribution >= 0.6 is 0 Å². The first-order valence-corrected chi connectivity index (χ1v) is 12.2. The maximum absolute atomic E-state index is 4.56. The number of anilines is 2. The van der Waals surface area contributed by atoms with Crippen LogP contribution in [0.15, 0.2) is 65.7 Å². The fourth-order valence-corrected chi connectivity index (χ4v) is 3.63. The summed E-state index contributed by atoms with van der Waals surface area (Å²) in [5, 5.41) is 6.55. The normalized spacial score (nSPS) is 17.7. The van der Waals surface area contributed by atoms with Gasteiger partial charge in [0, 0.05) is 35.5 Å². The molecule has 1 aliphatic heterocycles. The van der Waals surface area contributed by atoms with Crippen molar-refractivity contribution in [2.75, 3.05) is 10.6 Å². The monoisotopic (exact) mass is 436 g/mol. The second-order valence-electron chi connectivity index (χ2n) is 8.15. The van der Waals surface area contributed by atoms with Crippen LogP contribution in [0.3, 0.4) is 0 Å². The maximum atomic E-state index is 4.56. The number of allylic oxidation sites excluding steroid dienone is 7. The molecule has 2 N–H and O–H groups in total. The standard InChI is InChI=1S/C19H22N4.C7H16.C2H6/c1-6-16-12(4)7-14(11(2)3)9-17(16)22-19-20-10-15-8-13(5)21-18(15)23-19;1-3-5-7-6-4-2;1-2/h6-7,9-10,12H,2,5,8H2,1,3-4H3,(H2,20,21,22,23);3-7H2,1-2H3;1-2H3/b16-6+;;. The minimum atomic E-state index is 0.325. The second-order valence-corrected chi connectivity index (χ2v) is 8.15. The van der Waals surface area contributed by atoms with Crippen molar-refractivity contribution in [3.63, 3.8) is 0 Å². The molecule has 4 nitrogen and oxygen atoms in total. The molecule has 0 saturated carbocycles. The quantitative estimate of drug-likeness (QED) is 0.422. The predicted octanol–water partition coefficient (Wildman–Crippen LogP) is 8.36. The average Bonchev–Trinajstić information content (AvgIpc) is 3.15. The van der Waals surface area contributed by atoms with Gasteiger partial charge >= 0.3 is 0 Å². The first-order valence-electron chi connectivity index (χ1n) is 12.2. The van der Waals surface area contributed by atoms with Crippen molar-refractivity contribution in [3.05, 3.63) is 71.3 Å². The smallest absolute Gasteiger partial charge is 0.229 e. The highest BCUT2D eigenvalue weighted by Crippen LogP contribution is 2.32. The van der Waals surface area contributed by atoms with E-state index in [1.54, 1.807) is 0 Å². The van der Waals surface area contributed by atoms with Gasteiger partial charge in [-0.3, -0.25) is 0 Å². The zero-order valence-corrected chi connectivity index (χ0v) is 21.4. The maximum Gasteiger partial charge on any atom is 0.229 e. The van der Waals surface area contributed by atoms with Gasteiger partial charge in [0.05, 0.1) is 0 Å². The Hall–Kier alpha value is -2.62. The minimum absolute atomic E-state index is 0.325. The van der Waals surface area contributed by atoms with E-state index in [1.807, 2.05) is 27.0 Å². The van der Waals surface area contributed by atoms with Crippen LogP contribution in [-0.2, 0) is 6.42 Å². The first-order chi connectivity index (χ1) is 15.4. The van der Waals surface area contributed by atoms with Crippen LogP contribution in [-0.4, -0.2) is 9.97 Å². The van der Waals surface area contributed by atoms with Crippen LogP contribution in [0.2, 0.25) is 0 Å². The summed E-state index contributed by atoms with van der Waals surface area (Å²) in [7, 11) is 0. The fraction of sp³-hybridized carbons (Fsp3) is 0.500. The van der Waals surface area contributed by atoms with Crippen molar-refractivity contribution in [1.29, 1.82) is 0 Å². The van der Waals surface area contributed by atoms with E-state index in [-0.39, 0.29) is 0 Å². The van der Waals surface area contributed by atoms with E-state index in [4.69, 9.17) is 0 Å². The molecule has 0 spiro atoms. The Kier molecular flexibility index (Phi) is 12.4. The largest absolute Gasteiger partial charge is 0.344 e. The fourth-order valence-electron chi connectivity index (χ4n) is 3.63. The summed E-state index contributed by atoms with van der Waals surface area (Å²) in [6.07, 6.45) is 16.1. The van der Waals surface area contributed by atoms with Gasteiger partial charge < -0.3 is 10.6 Å². The molecule has 0 radical (unpaired) electrons. The van der Waals surface area contributed by atoms with Crippen molar-refractivity contribution in [3.8, 4) is 0 Å². The summed E-state index contributed by atoms with van der Waals surface area (Å²) in [5.74, 6) is 1.76. The molecule has 32 heavy (non-hydrogen) atoms. The SMILES string of the molecule is C=C1Cc2cnc(NC3=CC(C(=C)C)=CC(C)/C3=C\C)nc2N1.CC.CCCCCCC. The lowest BCUT2D eigenvalue weighted by atomic mass is 9.87. The van der Waals surface area contributed by atoms with Crippen LogP contribution in [0.1, 0.15) is 86.1 Å². The minimum Gasteiger partial charge on any atom is -0.344 e. The Morgan fingerprint density at radius 3 is 2.44 bits per heavy atom. The zero-order chi connectivity index (χ0) is 24.1. The van der Waals surface area contributed by atoms with Gasteiger partial charge in [-0.1, -0.05) is 97.6 Å². The van der Waals surface area contributed by atoms with Crippen LogP contribution < -0.4 is 10.6 Å². The van der Waals surface area contributed by atoms with Crippen LogP contribution in [0.4, 0.5) is 11.8 Å². The molecular weight excluding hydrogens is 392 g/mol. The van der Waals surface area contributed by atoms with E-state index in [0.717, 1.165) is 40.3 Å². The number of unbranched alkanes of at least 4 members (excludes halogenated alkanes) is 4. The van der Waals surface area contributed by atoms with E-state index in [9.17, 15) is 0 Å².